The largest absolute Gasteiger partial charge is 0.383 e. The Bertz CT molecular complexity index is 443. The fourth-order valence-electron chi connectivity index (χ4n) is 2.29. The predicted octanol–water partition coefficient (Wildman–Crippen LogP) is 1.29. The van der Waals surface area contributed by atoms with Crippen molar-refractivity contribution in [3.05, 3.63) is 22.9 Å². The normalized spacial score (nSPS) is 16.4. The Hall–Kier alpha value is -1.42. The molecule has 4 heteroatoms. The van der Waals surface area contributed by atoms with Crippen molar-refractivity contribution in [3.63, 3.8) is 0 Å². The van der Waals surface area contributed by atoms with E-state index >= 15 is 0 Å². The highest BCUT2D eigenvalue weighted by atomic mass is 16.1. The molecule has 1 aromatic heterocycles. The van der Waals surface area contributed by atoms with Crippen LogP contribution in [-0.2, 0) is 12.8 Å². The number of anilines is 1. The third-order valence-electron chi connectivity index (χ3n) is 3.41. The van der Waals surface area contributed by atoms with Gasteiger partial charge in [0.25, 0.3) is 0 Å². The Labute approximate surface area is 102 Å². The van der Waals surface area contributed by atoms with Crippen LogP contribution in [0.1, 0.15) is 35.5 Å². The van der Waals surface area contributed by atoms with Crippen molar-refractivity contribution < 1.29 is 4.79 Å². The zero-order chi connectivity index (χ0) is 12.4. The minimum absolute atomic E-state index is 0.00519. The first kappa shape index (κ1) is 12.0. The van der Waals surface area contributed by atoms with Gasteiger partial charge < -0.3 is 10.6 Å². The number of fused-ring (bicyclic) bond motifs is 1. The summed E-state index contributed by atoms with van der Waals surface area (Å²) in [5.41, 5.74) is 8.62. The van der Waals surface area contributed by atoms with Crippen molar-refractivity contribution in [3.8, 4) is 0 Å². The Balaban J connectivity index is 2.34. The molecule has 0 atom stereocenters. The molecule has 17 heavy (non-hydrogen) atoms. The molecule has 0 saturated heterocycles. The van der Waals surface area contributed by atoms with E-state index in [0.29, 0.717) is 11.4 Å². The van der Waals surface area contributed by atoms with E-state index in [1.807, 2.05) is 6.07 Å². The lowest BCUT2D eigenvalue weighted by Gasteiger charge is -2.15. The van der Waals surface area contributed by atoms with Crippen molar-refractivity contribution in [1.82, 2.24) is 9.88 Å². The van der Waals surface area contributed by atoms with E-state index in [9.17, 15) is 4.79 Å². The topological polar surface area (TPSA) is 59.2 Å². The molecule has 92 valence electrons. The zero-order valence-corrected chi connectivity index (χ0v) is 10.5. The van der Waals surface area contributed by atoms with Crippen molar-refractivity contribution in [2.24, 2.45) is 0 Å². The van der Waals surface area contributed by atoms with Crippen LogP contribution in [-0.4, -0.2) is 35.3 Å². The fourth-order valence-corrected chi connectivity index (χ4v) is 2.29. The van der Waals surface area contributed by atoms with Gasteiger partial charge in [-0.3, -0.25) is 4.79 Å². The van der Waals surface area contributed by atoms with E-state index in [2.05, 4.69) is 16.8 Å². The number of ketones is 1. The maximum absolute atomic E-state index is 11.4. The monoisotopic (exact) mass is 233 g/mol. The number of aromatic nitrogens is 1. The zero-order valence-electron chi connectivity index (χ0n) is 10.5. The first-order valence-electron chi connectivity index (χ1n) is 6.13. The highest BCUT2D eigenvalue weighted by Gasteiger charge is 2.17. The average molecular weight is 233 g/mol. The minimum atomic E-state index is -0.00519. The van der Waals surface area contributed by atoms with Gasteiger partial charge >= 0.3 is 0 Å². The Morgan fingerprint density at radius 3 is 2.82 bits per heavy atom. The molecule has 4 nitrogen and oxygen atoms in total. The summed E-state index contributed by atoms with van der Waals surface area (Å²) in [6, 6.07) is 1.93. The van der Waals surface area contributed by atoms with E-state index in [1.165, 1.54) is 12.5 Å². The van der Waals surface area contributed by atoms with E-state index in [1.54, 1.807) is 0 Å². The summed E-state index contributed by atoms with van der Waals surface area (Å²) in [7, 11) is 0. The highest BCUT2D eigenvalue weighted by Crippen LogP contribution is 2.20. The molecule has 1 aliphatic rings. The summed E-state index contributed by atoms with van der Waals surface area (Å²) in [6.07, 6.45) is 1.88. The first-order chi connectivity index (χ1) is 8.11. The lowest BCUT2D eigenvalue weighted by Crippen LogP contribution is -2.25. The molecule has 0 bridgehead atoms. The first-order valence-corrected chi connectivity index (χ1v) is 6.13. The Kier molecular flexibility index (Phi) is 3.43. The number of hydrogen-bond acceptors (Lipinski definition) is 4. The number of rotatable bonds is 2. The van der Waals surface area contributed by atoms with Gasteiger partial charge in [0.2, 0.25) is 0 Å². The lowest BCUT2D eigenvalue weighted by atomic mass is 10.0. The molecule has 2 rings (SSSR count). The van der Waals surface area contributed by atoms with Gasteiger partial charge in [-0.25, -0.2) is 4.98 Å². The number of Topliss-reactive ketones (excluding diaryl/α,β-unsaturated/α-hetero) is 1. The van der Waals surface area contributed by atoms with Crippen LogP contribution in [0.4, 0.5) is 5.82 Å². The molecule has 1 aliphatic heterocycles. The second-order valence-corrected chi connectivity index (χ2v) is 4.52. The summed E-state index contributed by atoms with van der Waals surface area (Å²) >= 11 is 0. The Morgan fingerprint density at radius 2 is 2.18 bits per heavy atom. The molecule has 0 radical (unpaired) electrons. The maximum atomic E-state index is 11.4. The fraction of sp³-hybridized carbons (Fsp3) is 0.538. The van der Waals surface area contributed by atoms with Crippen LogP contribution in [0.3, 0.4) is 0 Å². The highest BCUT2D eigenvalue weighted by molar-refractivity contribution is 5.98. The van der Waals surface area contributed by atoms with Gasteiger partial charge in [0.1, 0.15) is 5.82 Å². The molecule has 2 N–H and O–H groups in total. The number of likely N-dealkylation sites (N-methyl/N-ethyl adjacent to an activating group) is 1. The van der Waals surface area contributed by atoms with Crippen molar-refractivity contribution in [2.75, 3.05) is 25.4 Å². The van der Waals surface area contributed by atoms with E-state index < -0.39 is 0 Å². The summed E-state index contributed by atoms with van der Waals surface area (Å²) in [5, 5.41) is 0. The van der Waals surface area contributed by atoms with Crippen LogP contribution in [0.25, 0.3) is 0 Å². The molecule has 0 amide bonds. The number of carbonyl (C=O) groups is 1. The summed E-state index contributed by atoms with van der Waals surface area (Å²) in [5.74, 6) is 0.371. The van der Waals surface area contributed by atoms with Gasteiger partial charge in [0.05, 0.1) is 5.56 Å². The average Bonchev–Trinajstić information content (AvgIpc) is 2.49. The second kappa shape index (κ2) is 4.84. The molecule has 0 spiro atoms. The quantitative estimate of drug-likeness (QED) is 0.782. The van der Waals surface area contributed by atoms with Gasteiger partial charge in [-0.2, -0.15) is 0 Å². The van der Waals surface area contributed by atoms with Gasteiger partial charge in [0.15, 0.2) is 5.78 Å². The van der Waals surface area contributed by atoms with Crippen LogP contribution in [0.15, 0.2) is 6.07 Å². The van der Waals surface area contributed by atoms with Gasteiger partial charge in [0, 0.05) is 25.2 Å². The van der Waals surface area contributed by atoms with E-state index in [4.69, 9.17) is 5.73 Å². The molecule has 0 fully saturated rings. The minimum Gasteiger partial charge on any atom is -0.383 e. The third kappa shape index (κ3) is 2.47. The van der Waals surface area contributed by atoms with Crippen molar-refractivity contribution >= 4 is 11.6 Å². The van der Waals surface area contributed by atoms with Crippen molar-refractivity contribution in [2.45, 2.75) is 26.7 Å². The number of nitrogens with two attached hydrogens (primary N) is 1. The van der Waals surface area contributed by atoms with Crippen LogP contribution < -0.4 is 5.73 Å². The molecular formula is C13H19N3O. The van der Waals surface area contributed by atoms with E-state index in [-0.39, 0.29) is 5.78 Å². The predicted molar refractivity (Wildman–Crippen MR) is 68.2 cm³/mol. The molecule has 0 aliphatic carbocycles. The second-order valence-electron chi connectivity index (χ2n) is 4.52. The smallest absolute Gasteiger partial charge is 0.163 e. The van der Waals surface area contributed by atoms with Crippen LogP contribution >= 0.6 is 0 Å². The van der Waals surface area contributed by atoms with Crippen LogP contribution in [0.2, 0.25) is 0 Å². The standard InChI is InChI=1S/C13H19N3O/c1-3-16-6-4-10-8-11(9(2)17)13(14)15-12(10)5-7-16/h8H,3-7H2,1-2H3,(H2,14,15). The van der Waals surface area contributed by atoms with Crippen LogP contribution in [0, 0.1) is 0 Å². The summed E-state index contributed by atoms with van der Waals surface area (Å²) in [4.78, 5) is 18.2. The molecule has 0 aromatic carbocycles. The molecule has 1 aromatic rings. The number of pyridine rings is 1. The number of hydrogen-bond donors (Lipinski definition) is 1. The van der Waals surface area contributed by atoms with Gasteiger partial charge in [-0.1, -0.05) is 6.92 Å². The van der Waals surface area contributed by atoms with Gasteiger partial charge in [-0.15, -0.1) is 0 Å². The number of nitrogens with zero attached hydrogens (tertiary/aromatic N) is 2. The molecule has 0 unspecified atom stereocenters. The third-order valence-corrected chi connectivity index (χ3v) is 3.41. The van der Waals surface area contributed by atoms with Crippen LogP contribution in [0.5, 0.6) is 0 Å². The van der Waals surface area contributed by atoms with E-state index in [0.717, 1.165) is 38.2 Å². The summed E-state index contributed by atoms with van der Waals surface area (Å²) in [6.45, 7) is 6.82. The molecular weight excluding hydrogens is 214 g/mol. The van der Waals surface area contributed by atoms with Crippen molar-refractivity contribution in [1.29, 1.82) is 0 Å². The van der Waals surface area contributed by atoms with Gasteiger partial charge in [-0.05, 0) is 31.5 Å². The lowest BCUT2D eigenvalue weighted by molar-refractivity contribution is 0.101. The molecule has 2 heterocycles. The number of carbonyl (C=O) groups excluding carboxylic acids is 1. The molecule has 0 saturated carbocycles. The Morgan fingerprint density at radius 1 is 1.47 bits per heavy atom. The number of nitrogen functional groups attached to an aromatic ring is 1. The SMILES string of the molecule is CCN1CCc2cc(C(C)=O)c(N)nc2CC1. The summed E-state index contributed by atoms with van der Waals surface area (Å²) < 4.78 is 0. The maximum Gasteiger partial charge on any atom is 0.163 e.